The van der Waals surface area contributed by atoms with Crippen LogP contribution in [0.3, 0.4) is 0 Å². The zero-order valence-electron chi connectivity index (χ0n) is 11.6. The predicted octanol–water partition coefficient (Wildman–Crippen LogP) is 0.184. The fourth-order valence-electron chi connectivity index (χ4n) is 0.845. The highest BCUT2D eigenvalue weighted by Gasteiger charge is 2.18. The van der Waals surface area contributed by atoms with E-state index in [9.17, 15) is 9.59 Å². The van der Waals surface area contributed by atoms with Gasteiger partial charge in [-0.15, -0.1) is 0 Å². The quantitative estimate of drug-likeness (QED) is 0.534. The third-order valence-corrected chi connectivity index (χ3v) is 2.23. The molecule has 0 rings (SSSR count). The average molecular weight is 284 g/mol. The lowest BCUT2D eigenvalue weighted by atomic mass is 10.00. The van der Waals surface area contributed by atoms with Gasteiger partial charge < -0.3 is 21.7 Å². The van der Waals surface area contributed by atoms with Crippen molar-refractivity contribution in [1.29, 1.82) is 10.5 Å². The fourth-order valence-corrected chi connectivity index (χ4v) is 0.845. The number of carboxylic acid groups (broad SMARTS) is 2. The first-order valence-electron chi connectivity index (χ1n) is 5.79. The molecule has 0 heterocycles. The van der Waals surface area contributed by atoms with Crippen LogP contribution in [0.2, 0.25) is 0 Å². The molecule has 2 unspecified atom stereocenters. The Morgan fingerprint density at radius 2 is 1.20 bits per heavy atom. The fraction of sp³-hybridized carbons (Fsp3) is 0.667. The van der Waals surface area contributed by atoms with Gasteiger partial charge in [0, 0.05) is 12.8 Å². The Morgan fingerprint density at radius 3 is 1.35 bits per heavy atom. The first-order chi connectivity index (χ1) is 8.95. The summed E-state index contributed by atoms with van der Waals surface area (Å²) < 4.78 is 0. The van der Waals surface area contributed by atoms with E-state index in [4.69, 9.17) is 32.2 Å². The Kier molecular flexibility index (Phi) is 8.93. The van der Waals surface area contributed by atoms with Crippen LogP contribution in [-0.2, 0) is 9.59 Å². The third kappa shape index (κ3) is 13.9. The SMILES string of the molecule is CC(N)(C#N)CCC(=O)O.CC(N)(C#N)CCC(=O)O. The Labute approximate surface area is 117 Å². The van der Waals surface area contributed by atoms with E-state index < -0.39 is 23.0 Å². The van der Waals surface area contributed by atoms with Crippen LogP contribution in [0.25, 0.3) is 0 Å². The van der Waals surface area contributed by atoms with E-state index in [-0.39, 0.29) is 25.7 Å². The van der Waals surface area contributed by atoms with Crippen LogP contribution in [0.15, 0.2) is 0 Å². The van der Waals surface area contributed by atoms with Crippen molar-refractivity contribution >= 4 is 11.9 Å². The molecule has 0 saturated carbocycles. The monoisotopic (exact) mass is 284 g/mol. The Balaban J connectivity index is 0. The van der Waals surface area contributed by atoms with Crippen molar-refractivity contribution in [3.05, 3.63) is 0 Å². The molecular formula is C12H20N4O4. The molecule has 0 spiro atoms. The summed E-state index contributed by atoms with van der Waals surface area (Å²) in [5, 5.41) is 33.1. The summed E-state index contributed by atoms with van der Waals surface area (Å²) in [4.78, 5) is 20.0. The van der Waals surface area contributed by atoms with E-state index in [1.54, 1.807) is 0 Å². The van der Waals surface area contributed by atoms with Crippen LogP contribution >= 0.6 is 0 Å². The van der Waals surface area contributed by atoms with Crippen molar-refractivity contribution in [2.24, 2.45) is 11.5 Å². The van der Waals surface area contributed by atoms with Crippen molar-refractivity contribution in [2.45, 2.75) is 50.6 Å². The molecule has 0 aliphatic rings. The van der Waals surface area contributed by atoms with Crippen molar-refractivity contribution in [3.63, 3.8) is 0 Å². The minimum absolute atomic E-state index is 0.0550. The molecule has 0 bridgehead atoms. The lowest BCUT2D eigenvalue weighted by Gasteiger charge is -2.12. The largest absolute Gasteiger partial charge is 0.481 e. The van der Waals surface area contributed by atoms with Gasteiger partial charge in [-0.1, -0.05) is 0 Å². The molecule has 8 nitrogen and oxygen atoms in total. The molecule has 0 aromatic heterocycles. The van der Waals surface area contributed by atoms with E-state index in [2.05, 4.69) is 0 Å². The van der Waals surface area contributed by atoms with Crippen LogP contribution in [0, 0.1) is 22.7 Å². The van der Waals surface area contributed by atoms with Crippen LogP contribution in [0.4, 0.5) is 0 Å². The maximum atomic E-state index is 10.00. The van der Waals surface area contributed by atoms with Crippen LogP contribution < -0.4 is 11.5 Å². The number of aliphatic carboxylic acids is 2. The lowest BCUT2D eigenvalue weighted by Crippen LogP contribution is -2.34. The van der Waals surface area contributed by atoms with Crippen LogP contribution in [-0.4, -0.2) is 33.2 Å². The second kappa shape index (κ2) is 8.86. The highest BCUT2D eigenvalue weighted by molar-refractivity contribution is 5.67. The predicted molar refractivity (Wildman–Crippen MR) is 70.2 cm³/mol. The van der Waals surface area contributed by atoms with E-state index in [1.165, 1.54) is 13.8 Å². The first kappa shape index (κ1) is 20.2. The first-order valence-corrected chi connectivity index (χ1v) is 5.79. The topological polar surface area (TPSA) is 174 Å². The van der Waals surface area contributed by atoms with Crippen molar-refractivity contribution in [3.8, 4) is 12.1 Å². The normalized spacial score (nSPS) is 15.3. The molecule has 2 atom stereocenters. The second-order valence-corrected chi connectivity index (χ2v) is 4.85. The van der Waals surface area contributed by atoms with E-state index in [0.717, 1.165) is 0 Å². The molecule has 0 aliphatic heterocycles. The number of nitrogens with zero attached hydrogens (tertiary/aromatic N) is 2. The Bertz CT molecular complexity index is 378. The highest BCUT2D eigenvalue weighted by Crippen LogP contribution is 2.06. The molecule has 0 saturated heterocycles. The molecular weight excluding hydrogens is 264 g/mol. The summed E-state index contributed by atoms with van der Waals surface area (Å²) in [6.45, 7) is 3.02. The Hall–Kier alpha value is -2.16. The van der Waals surface area contributed by atoms with Gasteiger partial charge in [-0.2, -0.15) is 10.5 Å². The van der Waals surface area contributed by atoms with E-state index in [1.807, 2.05) is 12.1 Å². The van der Waals surface area contributed by atoms with E-state index in [0.29, 0.717) is 0 Å². The average Bonchev–Trinajstić information content (AvgIpc) is 2.35. The number of hydrogen-bond acceptors (Lipinski definition) is 6. The Morgan fingerprint density at radius 1 is 0.950 bits per heavy atom. The molecule has 0 aliphatic carbocycles. The van der Waals surface area contributed by atoms with Gasteiger partial charge in [0.2, 0.25) is 0 Å². The van der Waals surface area contributed by atoms with Crippen LogP contribution in [0.5, 0.6) is 0 Å². The number of carboxylic acids is 2. The highest BCUT2D eigenvalue weighted by atomic mass is 16.4. The minimum Gasteiger partial charge on any atom is -0.481 e. The molecule has 0 aromatic rings. The number of carbonyl (C=O) groups is 2. The van der Waals surface area contributed by atoms with Crippen molar-refractivity contribution in [2.75, 3.05) is 0 Å². The molecule has 0 fully saturated rings. The molecule has 112 valence electrons. The zero-order valence-corrected chi connectivity index (χ0v) is 11.6. The summed E-state index contributed by atoms with van der Waals surface area (Å²) in [6.07, 6.45) is 0.277. The summed E-state index contributed by atoms with van der Waals surface area (Å²) in [5.41, 5.74) is 8.68. The van der Waals surface area contributed by atoms with E-state index >= 15 is 0 Å². The molecule has 0 amide bonds. The standard InChI is InChI=1S/2C6H10N2O2/c2*1-6(8,4-7)3-2-5(9)10/h2*2-3,8H2,1H3,(H,9,10). The summed E-state index contributed by atoms with van der Waals surface area (Å²) in [5.74, 6) is -1.85. The summed E-state index contributed by atoms with van der Waals surface area (Å²) in [7, 11) is 0. The van der Waals surface area contributed by atoms with Gasteiger partial charge in [0.1, 0.15) is 11.1 Å². The lowest BCUT2D eigenvalue weighted by molar-refractivity contribution is -0.138. The molecule has 0 aromatic carbocycles. The number of hydrogen-bond donors (Lipinski definition) is 4. The number of nitriles is 2. The van der Waals surface area contributed by atoms with Gasteiger partial charge in [-0.05, 0) is 26.7 Å². The molecule has 20 heavy (non-hydrogen) atoms. The molecule has 0 radical (unpaired) electrons. The number of nitrogens with two attached hydrogens (primary N) is 2. The van der Waals surface area contributed by atoms with Crippen molar-refractivity contribution in [1.82, 2.24) is 0 Å². The van der Waals surface area contributed by atoms with Gasteiger partial charge in [0.25, 0.3) is 0 Å². The maximum Gasteiger partial charge on any atom is 0.303 e. The zero-order chi connectivity index (χ0) is 16.4. The number of rotatable bonds is 6. The van der Waals surface area contributed by atoms with Gasteiger partial charge in [0.05, 0.1) is 12.1 Å². The molecule has 8 heteroatoms. The minimum atomic E-state index is -1.00. The maximum absolute atomic E-state index is 10.00. The summed E-state index contributed by atoms with van der Waals surface area (Å²) >= 11 is 0. The smallest absolute Gasteiger partial charge is 0.303 e. The second-order valence-electron chi connectivity index (χ2n) is 4.85. The summed E-state index contributed by atoms with van der Waals surface area (Å²) in [6, 6.07) is 3.62. The van der Waals surface area contributed by atoms with Gasteiger partial charge in [0.15, 0.2) is 0 Å². The van der Waals surface area contributed by atoms with Crippen molar-refractivity contribution < 1.29 is 19.8 Å². The van der Waals surface area contributed by atoms with Gasteiger partial charge >= 0.3 is 11.9 Å². The third-order valence-electron chi connectivity index (χ3n) is 2.23. The van der Waals surface area contributed by atoms with Gasteiger partial charge in [-0.25, -0.2) is 0 Å². The van der Waals surface area contributed by atoms with Gasteiger partial charge in [-0.3, -0.25) is 9.59 Å². The van der Waals surface area contributed by atoms with Crippen LogP contribution in [0.1, 0.15) is 39.5 Å². The molecule has 6 N–H and O–H groups in total.